The number of amidine groups is 1. The van der Waals surface area contributed by atoms with E-state index >= 15 is 0 Å². The summed E-state index contributed by atoms with van der Waals surface area (Å²) in [6, 6.07) is 0. The predicted octanol–water partition coefficient (Wildman–Crippen LogP) is -0.588. The van der Waals surface area contributed by atoms with E-state index in [9.17, 15) is 0 Å². The van der Waals surface area contributed by atoms with E-state index in [-0.39, 0.29) is 5.11 Å². The Bertz CT molecular complexity index is 132. The normalized spacial score (nSPS) is 11.0. The molecule has 0 heterocycles. The molecule has 0 atom stereocenters. The molecule has 0 unspecified atom stereocenters. The van der Waals surface area contributed by atoms with Crippen LogP contribution in [-0.2, 0) is 0 Å². The third-order valence-electron chi connectivity index (χ3n) is 0.485. The van der Waals surface area contributed by atoms with Gasteiger partial charge in [-0.2, -0.15) is 0 Å². The van der Waals surface area contributed by atoms with Gasteiger partial charge in [0.05, 0.1) is 0 Å². The highest BCUT2D eigenvalue weighted by molar-refractivity contribution is 8.13. The summed E-state index contributed by atoms with van der Waals surface area (Å²) in [6.07, 6.45) is 1.81. The zero-order chi connectivity index (χ0) is 7.28. The number of nitrogens with one attached hydrogen (secondary N) is 1. The summed E-state index contributed by atoms with van der Waals surface area (Å²) in [4.78, 5) is 0. The van der Waals surface area contributed by atoms with Crippen LogP contribution in [0.1, 0.15) is 0 Å². The average molecular weight is 164 g/mol. The molecule has 0 fully saturated rings. The Hall–Kier alpha value is -0.490. The van der Waals surface area contributed by atoms with Gasteiger partial charge in [0.1, 0.15) is 0 Å². The minimum Gasteiger partial charge on any atom is -0.377 e. The quantitative estimate of drug-likeness (QED) is 0.209. The fraction of sp³-hybridized carbons (Fsp3) is 0.333. The van der Waals surface area contributed by atoms with Crippen LogP contribution in [0.4, 0.5) is 0 Å². The number of thioether (sulfide) groups is 1. The number of nitrogens with two attached hydrogens (primary N) is 2. The first kappa shape index (κ1) is 8.51. The van der Waals surface area contributed by atoms with E-state index in [2.05, 4.69) is 22.7 Å². The van der Waals surface area contributed by atoms with Gasteiger partial charge in [0, 0.05) is 0 Å². The minimum absolute atomic E-state index is 0.118. The van der Waals surface area contributed by atoms with Crippen LogP contribution in [0.25, 0.3) is 0 Å². The van der Waals surface area contributed by atoms with Gasteiger partial charge in [-0.1, -0.05) is 11.8 Å². The summed E-state index contributed by atoms with van der Waals surface area (Å²) in [7, 11) is 0. The highest BCUT2D eigenvalue weighted by Crippen LogP contribution is 1.87. The lowest BCUT2D eigenvalue weighted by Gasteiger charge is -1.95. The zero-order valence-electron chi connectivity index (χ0n) is 4.92. The second-order valence-electron chi connectivity index (χ2n) is 1.13. The number of hydrazone groups is 1. The topological polar surface area (TPSA) is 76.4 Å². The standard InChI is InChI=1S/C3H8N4S2/c1-9-3(5)7-6-2(4)8/h1H3,(H2,5,7)(H3,4,6,8). The third kappa shape index (κ3) is 5.38. The molecule has 9 heavy (non-hydrogen) atoms. The van der Waals surface area contributed by atoms with E-state index < -0.39 is 0 Å². The first-order valence-electron chi connectivity index (χ1n) is 2.09. The van der Waals surface area contributed by atoms with Crippen molar-refractivity contribution in [3.63, 3.8) is 0 Å². The highest BCUT2D eigenvalue weighted by atomic mass is 32.2. The van der Waals surface area contributed by atoms with Crippen molar-refractivity contribution >= 4 is 34.3 Å². The molecule has 4 nitrogen and oxygen atoms in total. The van der Waals surface area contributed by atoms with Crippen molar-refractivity contribution in [3.8, 4) is 0 Å². The molecule has 0 aromatic heterocycles. The lowest BCUT2D eigenvalue weighted by atomic mass is 11.2. The molecule has 0 spiro atoms. The summed E-state index contributed by atoms with van der Waals surface area (Å²) < 4.78 is 0. The van der Waals surface area contributed by atoms with Crippen molar-refractivity contribution in [2.45, 2.75) is 0 Å². The molecule has 0 radical (unpaired) electrons. The smallest absolute Gasteiger partial charge is 0.184 e. The first-order chi connectivity index (χ1) is 4.16. The van der Waals surface area contributed by atoms with Gasteiger partial charge in [0.2, 0.25) is 0 Å². The molecule has 52 valence electrons. The van der Waals surface area contributed by atoms with Crippen LogP contribution in [0.3, 0.4) is 0 Å². The minimum atomic E-state index is 0.118. The molecule has 0 bridgehead atoms. The maximum Gasteiger partial charge on any atom is 0.184 e. The number of nitrogens with zero attached hydrogens (tertiary/aromatic N) is 1. The molecule has 0 amide bonds. The van der Waals surface area contributed by atoms with Crippen LogP contribution in [0.15, 0.2) is 5.10 Å². The van der Waals surface area contributed by atoms with Gasteiger partial charge < -0.3 is 11.5 Å². The molecule has 0 aromatic rings. The number of rotatable bonds is 1. The van der Waals surface area contributed by atoms with Crippen LogP contribution in [-0.4, -0.2) is 16.5 Å². The van der Waals surface area contributed by atoms with Crippen molar-refractivity contribution < 1.29 is 0 Å². The van der Waals surface area contributed by atoms with Gasteiger partial charge >= 0.3 is 0 Å². The molecule has 0 aliphatic rings. The van der Waals surface area contributed by atoms with Crippen molar-refractivity contribution in [3.05, 3.63) is 0 Å². The van der Waals surface area contributed by atoms with E-state index in [0.717, 1.165) is 0 Å². The second kappa shape index (κ2) is 4.39. The van der Waals surface area contributed by atoms with E-state index in [1.54, 1.807) is 6.26 Å². The number of hydrogen-bond donors (Lipinski definition) is 3. The van der Waals surface area contributed by atoms with Crippen molar-refractivity contribution in [2.24, 2.45) is 16.6 Å². The van der Waals surface area contributed by atoms with E-state index in [4.69, 9.17) is 11.5 Å². The monoisotopic (exact) mass is 164 g/mol. The van der Waals surface area contributed by atoms with Crippen LogP contribution in [0.5, 0.6) is 0 Å². The molecule has 0 aliphatic carbocycles. The molecule has 6 heteroatoms. The summed E-state index contributed by atoms with van der Waals surface area (Å²) >= 11 is 5.77. The fourth-order valence-electron chi connectivity index (χ4n) is 0.156. The van der Waals surface area contributed by atoms with Crippen LogP contribution >= 0.6 is 24.0 Å². The molecule has 0 aromatic carbocycles. The van der Waals surface area contributed by atoms with Crippen LogP contribution < -0.4 is 16.9 Å². The maximum absolute atomic E-state index is 5.26. The predicted molar refractivity (Wildman–Crippen MR) is 45.1 cm³/mol. The molecule has 0 saturated carbocycles. The Morgan fingerprint density at radius 2 is 2.22 bits per heavy atom. The highest BCUT2D eigenvalue weighted by Gasteiger charge is 1.85. The number of hydrogen-bond acceptors (Lipinski definition) is 3. The summed E-state index contributed by atoms with van der Waals surface area (Å²) in [5.74, 6) is 0. The van der Waals surface area contributed by atoms with Crippen molar-refractivity contribution in [2.75, 3.05) is 6.26 Å². The van der Waals surface area contributed by atoms with E-state index in [0.29, 0.717) is 5.17 Å². The average Bonchev–Trinajstić information content (AvgIpc) is 1.83. The summed E-state index contributed by atoms with van der Waals surface area (Å²) in [5.41, 5.74) is 12.6. The van der Waals surface area contributed by atoms with Gasteiger partial charge in [-0.15, -0.1) is 5.10 Å². The Kier molecular flexibility index (Phi) is 4.16. The Balaban J connectivity index is 3.56. The Morgan fingerprint density at radius 3 is 2.56 bits per heavy atom. The van der Waals surface area contributed by atoms with E-state index in [1.807, 2.05) is 0 Å². The Labute approximate surface area is 63.0 Å². The number of thiocarbonyl (C=S) groups is 1. The summed E-state index contributed by atoms with van der Waals surface area (Å²) in [6.45, 7) is 0. The molecule has 5 N–H and O–H groups in total. The summed E-state index contributed by atoms with van der Waals surface area (Å²) in [5, 5.41) is 4.11. The van der Waals surface area contributed by atoms with Crippen molar-refractivity contribution in [1.82, 2.24) is 5.43 Å². The van der Waals surface area contributed by atoms with Gasteiger partial charge in [0.15, 0.2) is 10.3 Å². The van der Waals surface area contributed by atoms with Gasteiger partial charge in [-0.05, 0) is 18.5 Å². The molecule has 0 saturated heterocycles. The van der Waals surface area contributed by atoms with E-state index in [1.165, 1.54) is 11.8 Å². The fourth-order valence-corrected chi connectivity index (χ4v) is 0.338. The SMILES string of the molecule is CS/C(N)=N/NC(N)=S. The van der Waals surface area contributed by atoms with Crippen molar-refractivity contribution in [1.29, 1.82) is 0 Å². The molecular formula is C3H8N4S2. The zero-order valence-corrected chi connectivity index (χ0v) is 6.55. The lowest BCUT2D eigenvalue weighted by molar-refractivity contribution is 1.03. The van der Waals surface area contributed by atoms with Gasteiger partial charge in [-0.25, -0.2) is 0 Å². The maximum atomic E-state index is 5.26. The molecule has 0 rings (SSSR count). The third-order valence-corrected chi connectivity index (χ3v) is 1.09. The molecular weight excluding hydrogens is 156 g/mol. The van der Waals surface area contributed by atoms with Gasteiger partial charge in [-0.3, -0.25) is 5.43 Å². The second-order valence-corrected chi connectivity index (χ2v) is 2.40. The van der Waals surface area contributed by atoms with Crippen LogP contribution in [0.2, 0.25) is 0 Å². The molecule has 0 aliphatic heterocycles. The Morgan fingerprint density at radius 1 is 1.67 bits per heavy atom. The largest absolute Gasteiger partial charge is 0.377 e. The van der Waals surface area contributed by atoms with Crippen LogP contribution in [0, 0.1) is 0 Å². The van der Waals surface area contributed by atoms with Gasteiger partial charge in [0.25, 0.3) is 0 Å². The lowest BCUT2D eigenvalue weighted by Crippen LogP contribution is -2.26. The first-order valence-corrected chi connectivity index (χ1v) is 3.72.